The molecule has 0 bridgehead atoms. The molecule has 0 radical (unpaired) electrons. The molecule has 1 aliphatic carbocycles. The van der Waals surface area contributed by atoms with Crippen molar-refractivity contribution in [1.29, 1.82) is 0 Å². The van der Waals surface area contributed by atoms with Crippen LogP contribution >= 0.6 is 0 Å². The van der Waals surface area contributed by atoms with Crippen molar-refractivity contribution in [3.8, 4) is 5.75 Å². The van der Waals surface area contributed by atoms with Crippen molar-refractivity contribution in [1.82, 2.24) is 10.2 Å². The highest BCUT2D eigenvalue weighted by atomic mass is 16.5. The van der Waals surface area contributed by atoms with E-state index >= 15 is 0 Å². The van der Waals surface area contributed by atoms with Crippen molar-refractivity contribution in [2.45, 2.75) is 56.8 Å². The van der Waals surface area contributed by atoms with Crippen molar-refractivity contribution in [2.75, 3.05) is 26.2 Å². The Hall–Kier alpha value is -1.46. The second-order valence-electron chi connectivity index (χ2n) is 7.40. The molecule has 130 valence electrons. The average molecular weight is 328 g/mol. The monoisotopic (exact) mass is 328 g/mol. The fraction of sp³-hybridized carbons (Fsp3) is 0.684. The minimum atomic E-state index is 0.00293. The molecule has 24 heavy (non-hydrogen) atoms. The summed E-state index contributed by atoms with van der Waals surface area (Å²) in [6.45, 7) is 5.21. The van der Waals surface area contributed by atoms with E-state index < -0.39 is 0 Å². The van der Waals surface area contributed by atoms with Crippen LogP contribution in [0.2, 0.25) is 0 Å². The van der Waals surface area contributed by atoms with Crippen LogP contribution in [0.5, 0.6) is 5.75 Å². The van der Waals surface area contributed by atoms with E-state index in [-0.39, 0.29) is 5.66 Å². The standard InChI is InChI=1S/C19H28N4O/c1-2-11-23(10-1)12-13-24-18-7-5-16(6-8-18)15-20-17-4-3-9-19(14-17)21-22-19/h5-8,17,20H,1-4,9-15H2/t17-/m0/s1. The number of hydrogen-bond acceptors (Lipinski definition) is 5. The van der Waals surface area contributed by atoms with E-state index in [9.17, 15) is 0 Å². The number of ether oxygens (including phenoxy) is 1. The molecule has 1 atom stereocenters. The number of likely N-dealkylation sites (tertiary alicyclic amines) is 1. The van der Waals surface area contributed by atoms with Crippen LogP contribution in [0.1, 0.15) is 44.1 Å². The molecule has 0 aromatic heterocycles. The Morgan fingerprint density at radius 2 is 1.92 bits per heavy atom. The van der Waals surface area contributed by atoms with Crippen molar-refractivity contribution in [2.24, 2.45) is 10.2 Å². The molecule has 1 aromatic carbocycles. The van der Waals surface area contributed by atoms with Crippen LogP contribution in [0, 0.1) is 0 Å². The smallest absolute Gasteiger partial charge is 0.192 e. The van der Waals surface area contributed by atoms with E-state index in [0.29, 0.717) is 6.04 Å². The predicted molar refractivity (Wildman–Crippen MR) is 94.3 cm³/mol. The van der Waals surface area contributed by atoms with Gasteiger partial charge in [0.2, 0.25) is 0 Å². The summed E-state index contributed by atoms with van der Waals surface area (Å²) in [6.07, 6.45) is 7.37. The van der Waals surface area contributed by atoms with Gasteiger partial charge in [-0.15, -0.1) is 0 Å². The molecule has 1 N–H and O–H groups in total. The third-order valence-corrected chi connectivity index (χ3v) is 5.48. The van der Waals surface area contributed by atoms with Gasteiger partial charge in [-0.2, -0.15) is 10.2 Å². The molecule has 3 aliphatic rings. The summed E-state index contributed by atoms with van der Waals surface area (Å²) in [5.74, 6) is 0.977. The summed E-state index contributed by atoms with van der Waals surface area (Å²) in [4.78, 5) is 2.48. The minimum absolute atomic E-state index is 0.00293. The van der Waals surface area contributed by atoms with Gasteiger partial charge in [-0.05, 0) is 62.9 Å². The first kappa shape index (κ1) is 16.0. The summed E-state index contributed by atoms with van der Waals surface area (Å²) < 4.78 is 5.87. The zero-order valence-electron chi connectivity index (χ0n) is 14.4. The van der Waals surface area contributed by atoms with Crippen molar-refractivity contribution < 1.29 is 4.74 Å². The molecule has 0 amide bonds. The lowest BCUT2D eigenvalue weighted by Gasteiger charge is -2.26. The summed E-state index contributed by atoms with van der Waals surface area (Å²) in [5.41, 5.74) is 1.31. The molecule has 2 heterocycles. The maximum atomic E-state index is 5.87. The van der Waals surface area contributed by atoms with Crippen LogP contribution in [0.3, 0.4) is 0 Å². The number of nitrogens with one attached hydrogen (secondary N) is 1. The zero-order chi connectivity index (χ0) is 16.2. The number of rotatable bonds is 7. The van der Waals surface area contributed by atoms with Gasteiger partial charge in [0.15, 0.2) is 5.66 Å². The lowest BCUT2D eigenvalue weighted by molar-refractivity contribution is 0.237. The normalized spacial score (nSPS) is 25.2. The summed E-state index contributed by atoms with van der Waals surface area (Å²) in [6, 6.07) is 9.07. The predicted octanol–water partition coefficient (Wildman–Crippen LogP) is 3.36. The van der Waals surface area contributed by atoms with Crippen LogP contribution in [0.25, 0.3) is 0 Å². The molecule has 1 saturated carbocycles. The van der Waals surface area contributed by atoms with Crippen molar-refractivity contribution >= 4 is 0 Å². The molecule has 4 rings (SSSR count). The number of nitrogens with zero attached hydrogens (tertiary/aromatic N) is 3. The molecule has 1 saturated heterocycles. The highest BCUT2D eigenvalue weighted by Crippen LogP contribution is 2.42. The Labute approximate surface area is 144 Å². The third kappa shape index (κ3) is 4.14. The Morgan fingerprint density at radius 3 is 2.67 bits per heavy atom. The van der Waals surface area contributed by atoms with Gasteiger partial charge in [0.05, 0.1) is 0 Å². The maximum absolute atomic E-state index is 5.87. The van der Waals surface area contributed by atoms with E-state index in [1.165, 1.54) is 44.3 Å². The lowest BCUT2D eigenvalue weighted by atomic mass is 9.88. The second kappa shape index (κ2) is 7.19. The molecule has 1 spiro atoms. The lowest BCUT2D eigenvalue weighted by Crippen LogP contribution is -2.37. The third-order valence-electron chi connectivity index (χ3n) is 5.48. The van der Waals surface area contributed by atoms with Crippen LogP contribution < -0.4 is 10.1 Å². The molecular weight excluding hydrogens is 300 g/mol. The summed E-state index contributed by atoms with van der Waals surface area (Å²) >= 11 is 0. The van der Waals surface area contributed by atoms with E-state index in [4.69, 9.17) is 4.74 Å². The number of hydrogen-bond donors (Lipinski definition) is 1. The first-order valence-corrected chi connectivity index (χ1v) is 9.43. The SMILES string of the molecule is c1cc(OCCN2CCCC2)ccc1CN[C@H]1CCCC2(C1)N=N2. The second-order valence-corrected chi connectivity index (χ2v) is 7.40. The molecular formula is C19H28N4O. The van der Waals surface area contributed by atoms with Gasteiger partial charge in [-0.3, -0.25) is 4.90 Å². The van der Waals surface area contributed by atoms with Crippen LogP contribution in [-0.4, -0.2) is 42.8 Å². The average Bonchev–Trinajstić information content (AvgIpc) is 3.14. The van der Waals surface area contributed by atoms with E-state index in [1.807, 2.05) is 0 Å². The molecule has 0 unspecified atom stereocenters. The van der Waals surface area contributed by atoms with E-state index in [2.05, 4.69) is 44.7 Å². The van der Waals surface area contributed by atoms with Crippen molar-refractivity contribution in [3.63, 3.8) is 0 Å². The van der Waals surface area contributed by atoms with E-state index in [1.54, 1.807) is 0 Å². The van der Waals surface area contributed by atoms with Gasteiger partial charge in [0, 0.05) is 25.6 Å². The highest BCUT2D eigenvalue weighted by molar-refractivity contribution is 5.27. The van der Waals surface area contributed by atoms with Crippen molar-refractivity contribution in [3.05, 3.63) is 29.8 Å². The molecule has 2 fully saturated rings. The molecule has 2 aliphatic heterocycles. The van der Waals surface area contributed by atoms with Crippen LogP contribution in [0.15, 0.2) is 34.5 Å². The fourth-order valence-electron chi connectivity index (χ4n) is 3.92. The molecule has 5 nitrogen and oxygen atoms in total. The largest absolute Gasteiger partial charge is 0.492 e. The van der Waals surface area contributed by atoms with Crippen LogP contribution in [0.4, 0.5) is 0 Å². The summed E-state index contributed by atoms with van der Waals surface area (Å²) in [7, 11) is 0. The van der Waals surface area contributed by atoms with Gasteiger partial charge in [-0.1, -0.05) is 12.1 Å². The Morgan fingerprint density at radius 1 is 1.12 bits per heavy atom. The van der Waals surface area contributed by atoms with Gasteiger partial charge in [-0.25, -0.2) is 0 Å². The molecule has 1 aromatic rings. The maximum Gasteiger partial charge on any atom is 0.192 e. The van der Waals surface area contributed by atoms with Gasteiger partial charge < -0.3 is 10.1 Å². The number of benzene rings is 1. The quantitative estimate of drug-likeness (QED) is 0.835. The highest BCUT2D eigenvalue weighted by Gasteiger charge is 2.44. The summed E-state index contributed by atoms with van der Waals surface area (Å²) in [5, 5.41) is 12.1. The van der Waals surface area contributed by atoms with Gasteiger partial charge in [0.1, 0.15) is 12.4 Å². The zero-order valence-corrected chi connectivity index (χ0v) is 14.4. The molecule has 5 heteroatoms. The first-order chi connectivity index (χ1) is 11.8. The minimum Gasteiger partial charge on any atom is -0.492 e. The van der Waals surface area contributed by atoms with Gasteiger partial charge >= 0.3 is 0 Å². The topological polar surface area (TPSA) is 49.2 Å². The Bertz CT molecular complexity index is 559. The Kier molecular flexibility index (Phi) is 4.81. The first-order valence-electron chi connectivity index (χ1n) is 9.43. The fourth-order valence-corrected chi connectivity index (χ4v) is 3.92. The van der Waals surface area contributed by atoms with E-state index in [0.717, 1.165) is 38.3 Å². The van der Waals surface area contributed by atoms with Crippen LogP contribution in [-0.2, 0) is 6.54 Å². The Balaban J connectivity index is 1.18. The van der Waals surface area contributed by atoms with Gasteiger partial charge in [0.25, 0.3) is 0 Å².